The number of methoxy groups -OCH3 is 1. The first-order valence-corrected chi connectivity index (χ1v) is 11.4. The Hall–Kier alpha value is -4.76. The summed E-state index contributed by atoms with van der Waals surface area (Å²) in [7, 11) is 1.61. The number of hydrogen-bond donors (Lipinski definition) is 0. The van der Waals surface area contributed by atoms with Crippen molar-refractivity contribution in [3.63, 3.8) is 0 Å². The standard InChI is InChI=1S/C28H21FN4O4/c1-37-17-20-10-5-9-19(13-20)15-23-28(34)32-16-24(21-11-6-12-25(26(21)29)33(35)36)30-22(27(32)31-23)14-18-7-3-2-4-8-18/h2-13,15-16H,14,17H2,1H3/b23-15-. The van der Waals surface area contributed by atoms with Gasteiger partial charge in [-0.05, 0) is 34.9 Å². The van der Waals surface area contributed by atoms with Crippen molar-refractivity contribution in [2.75, 3.05) is 7.11 Å². The number of amidine groups is 1. The van der Waals surface area contributed by atoms with Crippen LogP contribution in [0.4, 0.5) is 10.1 Å². The summed E-state index contributed by atoms with van der Waals surface area (Å²) in [4.78, 5) is 34.4. The molecule has 8 nitrogen and oxygen atoms in total. The second-order valence-corrected chi connectivity index (χ2v) is 8.45. The van der Waals surface area contributed by atoms with Crippen LogP contribution in [0.25, 0.3) is 11.8 Å². The van der Waals surface area contributed by atoms with Gasteiger partial charge in [0.15, 0.2) is 5.84 Å². The Balaban J connectivity index is 1.59. The average Bonchev–Trinajstić information content (AvgIpc) is 3.20. The van der Waals surface area contributed by atoms with Gasteiger partial charge in [0.05, 0.1) is 22.9 Å². The number of hydrogen-bond acceptors (Lipinski definition) is 6. The van der Waals surface area contributed by atoms with Gasteiger partial charge < -0.3 is 4.74 Å². The van der Waals surface area contributed by atoms with Crippen LogP contribution in [-0.4, -0.2) is 34.4 Å². The number of aliphatic imine (C=N–C) groups is 2. The maximum Gasteiger partial charge on any atom is 0.305 e. The van der Waals surface area contributed by atoms with Crippen molar-refractivity contribution in [2.45, 2.75) is 13.0 Å². The minimum absolute atomic E-state index is 0.0729. The Kier molecular flexibility index (Phi) is 6.53. The third-order valence-electron chi connectivity index (χ3n) is 5.89. The highest BCUT2D eigenvalue weighted by atomic mass is 19.1. The van der Waals surface area contributed by atoms with Gasteiger partial charge in [-0.15, -0.1) is 0 Å². The molecular weight excluding hydrogens is 475 g/mol. The van der Waals surface area contributed by atoms with Gasteiger partial charge >= 0.3 is 5.69 Å². The first-order chi connectivity index (χ1) is 17.9. The van der Waals surface area contributed by atoms with Crippen molar-refractivity contribution < 1.29 is 18.8 Å². The third kappa shape index (κ3) is 4.85. The molecule has 2 aliphatic heterocycles. The van der Waals surface area contributed by atoms with Crippen LogP contribution >= 0.6 is 0 Å². The fraction of sp³-hybridized carbons (Fsp3) is 0.107. The molecule has 5 rings (SSSR count). The lowest BCUT2D eigenvalue weighted by Gasteiger charge is -2.22. The number of carbonyl (C=O) groups is 1. The molecule has 0 aliphatic carbocycles. The molecule has 0 radical (unpaired) electrons. The lowest BCUT2D eigenvalue weighted by molar-refractivity contribution is -0.387. The van der Waals surface area contributed by atoms with E-state index >= 15 is 4.39 Å². The van der Waals surface area contributed by atoms with Crippen LogP contribution < -0.4 is 0 Å². The van der Waals surface area contributed by atoms with Crippen LogP contribution in [0.5, 0.6) is 0 Å². The number of ether oxygens (including phenoxy) is 1. The monoisotopic (exact) mass is 496 g/mol. The number of halogens is 1. The highest BCUT2D eigenvalue weighted by molar-refractivity contribution is 6.48. The first kappa shape index (κ1) is 24.0. The van der Waals surface area contributed by atoms with Crippen LogP contribution in [0.2, 0.25) is 0 Å². The molecule has 2 aliphatic rings. The molecule has 0 aromatic heterocycles. The fourth-order valence-corrected chi connectivity index (χ4v) is 4.19. The zero-order valence-electron chi connectivity index (χ0n) is 19.8. The van der Waals surface area contributed by atoms with Gasteiger partial charge in [-0.3, -0.25) is 19.8 Å². The lowest BCUT2D eigenvalue weighted by Crippen LogP contribution is -2.36. The summed E-state index contributed by atoms with van der Waals surface area (Å²) < 4.78 is 20.2. The molecule has 184 valence electrons. The van der Waals surface area contributed by atoms with E-state index < -0.39 is 22.3 Å². The zero-order chi connectivity index (χ0) is 25.9. The van der Waals surface area contributed by atoms with Crippen molar-refractivity contribution >= 4 is 34.9 Å². The summed E-state index contributed by atoms with van der Waals surface area (Å²) in [5, 5.41) is 11.3. The molecule has 1 amide bonds. The molecule has 3 aromatic rings. The number of nitrogens with zero attached hydrogens (tertiary/aromatic N) is 4. The molecular formula is C28H21FN4O4. The minimum Gasteiger partial charge on any atom is -0.380 e. The molecule has 0 saturated heterocycles. The van der Waals surface area contributed by atoms with Gasteiger partial charge in [-0.1, -0.05) is 54.6 Å². The Morgan fingerprint density at radius 1 is 1.03 bits per heavy atom. The Labute approximate surface area is 211 Å². The predicted octanol–water partition coefficient (Wildman–Crippen LogP) is 5.16. The molecule has 0 unspecified atom stereocenters. The SMILES string of the molecule is COCc1cccc(/C=C2\N=C3C(Cc4ccccc4)=NC(c4cccc([N+](=O)[O-])c4F)=CN3C2=O)c1. The van der Waals surface area contributed by atoms with Gasteiger partial charge in [0.1, 0.15) is 5.70 Å². The minimum atomic E-state index is -1.01. The molecule has 9 heteroatoms. The van der Waals surface area contributed by atoms with Gasteiger partial charge in [-0.2, -0.15) is 4.39 Å². The number of fused-ring (bicyclic) bond motifs is 1. The van der Waals surface area contributed by atoms with E-state index in [2.05, 4.69) is 9.98 Å². The fourth-order valence-electron chi connectivity index (χ4n) is 4.19. The third-order valence-corrected chi connectivity index (χ3v) is 5.89. The molecule has 3 aromatic carbocycles. The number of amides is 1. The maximum atomic E-state index is 15.1. The zero-order valence-corrected chi connectivity index (χ0v) is 19.8. The Morgan fingerprint density at radius 3 is 2.54 bits per heavy atom. The number of carbonyl (C=O) groups excluding carboxylic acids is 1. The van der Waals surface area contributed by atoms with Gasteiger partial charge in [0, 0.05) is 31.4 Å². The average molecular weight is 496 g/mol. The number of nitro benzene ring substituents is 1. The quantitative estimate of drug-likeness (QED) is 0.256. The van der Waals surface area contributed by atoms with Gasteiger partial charge in [0.2, 0.25) is 5.82 Å². The summed E-state index contributed by atoms with van der Waals surface area (Å²) in [6, 6.07) is 20.9. The van der Waals surface area contributed by atoms with E-state index in [-0.39, 0.29) is 17.0 Å². The molecule has 0 atom stereocenters. The number of benzene rings is 3. The summed E-state index contributed by atoms with van der Waals surface area (Å²) in [6.45, 7) is 0.431. The lowest BCUT2D eigenvalue weighted by atomic mass is 10.0. The first-order valence-electron chi connectivity index (χ1n) is 11.4. The molecule has 0 fully saturated rings. The van der Waals surface area contributed by atoms with Gasteiger partial charge in [0.25, 0.3) is 5.91 Å². The van der Waals surface area contributed by atoms with Crippen molar-refractivity contribution in [1.82, 2.24) is 4.90 Å². The molecule has 37 heavy (non-hydrogen) atoms. The highest BCUT2D eigenvalue weighted by Gasteiger charge is 2.36. The van der Waals surface area contributed by atoms with Crippen molar-refractivity contribution in [2.24, 2.45) is 9.98 Å². The van der Waals surface area contributed by atoms with Crippen LogP contribution in [0.1, 0.15) is 22.3 Å². The van der Waals surface area contributed by atoms with E-state index in [0.717, 1.165) is 22.8 Å². The van der Waals surface area contributed by atoms with Crippen molar-refractivity contribution in [1.29, 1.82) is 0 Å². The van der Waals surface area contributed by atoms with Crippen molar-refractivity contribution in [3.8, 4) is 0 Å². The molecule has 2 heterocycles. The number of rotatable bonds is 7. The van der Waals surface area contributed by atoms with E-state index in [4.69, 9.17) is 4.74 Å². The molecule has 0 spiro atoms. The van der Waals surface area contributed by atoms with Crippen LogP contribution in [0, 0.1) is 15.9 Å². The topological polar surface area (TPSA) is 97.4 Å². The normalized spacial score (nSPS) is 15.8. The molecule has 0 saturated carbocycles. The second kappa shape index (κ2) is 10.1. The van der Waals surface area contributed by atoms with Gasteiger partial charge in [-0.25, -0.2) is 9.98 Å². The van der Waals surface area contributed by atoms with E-state index in [9.17, 15) is 14.9 Å². The summed E-state index contributed by atoms with van der Waals surface area (Å²) in [6.07, 6.45) is 3.38. The van der Waals surface area contributed by atoms with E-state index in [1.807, 2.05) is 54.6 Å². The molecule has 0 N–H and O–H groups in total. The Morgan fingerprint density at radius 2 is 1.78 bits per heavy atom. The van der Waals surface area contributed by atoms with E-state index in [1.54, 1.807) is 13.2 Å². The number of nitro groups is 1. The molecule has 0 bridgehead atoms. The summed E-state index contributed by atoms with van der Waals surface area (Å²) in [5.41, 5.74) is 2.64. The van der Waals surface area contributed by atoms with E-state index in [0.29, 0.717) is 24.6 Å². The maximum absolute atomic E-state index is 15.1. The van der Waals surface area contributed by atoms with E-state index in [1.165, 1.54) is 23.2 Å². The van der Waals surface area contributed by atoms with Crippen molar-refractivity contribution in [3.05, 3.63) is 123 Å². The largest absolute Gasteiger partial charge is 0.380 e. The predicted molar refractivity (Wildman–Crippen MR) is 138 cm³/mol. The second-order valence-electron chi connectivity index (χ2n) is 8.45. The van der Waals surface area contributed by atoms with Crippen LogP contribution in [-0.2, 0) is 22.6 Å². The highest BCUT2D eigenvalue weighted by Crippen LogP contribution is 2.32. The summed E-state index contributed by atoms with van der Waals surface area (Å²) >= 11 is 0. The van der Waals surface area contributed by atoms with Crippen LogP contribution in [0.15, 0.2) is 94.7 Å². The van der Waals surface area contributed by atoms with Crippen LogP contribution in [0.3, 0.4) is 0 Å². The smallest absolute Gasteiger partial charge is 0.305 e. The summed E-state index contributed by atoms with van der Waals surface area (Å²) in [5.74, 6) is -1.09. The Bertz CT molecular complexity index is 1530.